The topological polar surface area (TPSA) is 18.5 Å². The van der Waals surface area contributed by atoms with E-state index in [1.807, 2.05) is 13.8 Å². The van der Waals surface area contributed by atoms with E-state index < -0.39 is 14.4 Å². The van der Waals surface area contributed by atoms with Crippen LogP contribution in [-0.4, -0.2) is 26.6 Å². The molecule has 1 heterocycles. The third kappa shape index (κ3) is 2.46. The Hall–Kier alpha value is 0.768. The van der Waals surface area contributed by atoms with Crippen LogP contribution in [0.3, 0.4) is 0 Å². The van der Waals surface area contributed by atoms with Crippen LogP contribution >= 0.6 is 9.95 Å². The standard InChI is InChI=1S/C5H10AsClO2/c1-4-3-5(2)9-6(7)8-4/h4-5H,3H2,1-2H3/t4-,5-/m1/s1. The molecule has 0 aromatic rings. The van der Waals surface area contributed by atoms with E-state index in [0.29, 0.717) is 12.2 Å². The molecule has 54 valence electrons. The van der Waals surface area contributed by atoms with Gasteiger partial charge in [-0.3, -0.25) is 0 Å². The molecule has 2 atom stereocenters. The van der Waals surface area contributed by atoms with Gasteiger partial charge < -0.3 is 0 Å². The quantitative estimate of drug-likeness (QED) is 0.566. The van der Waals surface area contributed by atoms with Crippen LogP contribution < -0.4 is 0 Å². The van der Waals surface area contributed by atoms with Crippen LogP contribution in [0.4, 0.5) is 0 Å². The Labute approximate surface area is 64.6 Å². The predicted octanol–water partition coefficient (Wildman–Crippen LogP) is 1.42. The van der Waals surface area contributed by atoms with Crippen LogP contribution in [0.2, 0.25) is 0 Å². The van der Waals surface area contributed by atoms with Gasteiger partial charge in [0.1, 0.15) is 0 Å². The van der Waals surface area contributed by atoms with Crippen molar-refractivity contribution >= 4 is 24.3 Å². The van der Waals surface area contributed by atoms with Crippen LogP contribution in [0.1, 0.15) is 20.3 Å². The molecule has 0 aromatic carbocycles. The van der Waals surface area contributed by atoms with Gasteiger partial charge in [-0.25, -0.2) is 0 Å². The van der Waals surface area contributed by atoms with Gasteiger partial charge in [-0.2, -0.15) is 0 Å². The zero-order valence-electron chi connectivity index (χ0n) is 5.50. The van der Waals surface area contributed by atoms with E-state index in [1.165, 1.54) is 0 Å². The summed E-state index contributed by atoms with van der Waals surface area (Å²) in [6, 6.07) is 0. The summed E-state index contributed by atoms with van der Waals surface area (Å²) < 4.78 is 10.5. The molecule has 1 rings (SSSR count). The molecule has 1 aliphatic rings. The molecule has 0 saturated carbocycles. The molecule has 0 amide bonds. The van der Waals surface area contributed by atoms with Gasteiger partial charge in [-0.05, 0) is 0 Å². The zero-order valence-corrected chi connectivity index (χ0v) is 8.14. The second-order valence-corrected chi connectivity index (χ2v) is 5.49. The summed E-state index contributed by atoms with van der Waals surface area (Å²) in [7, 11) is 5.71. The third-order valence-electron chi connectivity index (χ3n) is 1.19. The average Bonchev–Trinajstić information content (AvgIpc) is 1.59. The van der Waals surface area contributed by atoms with Crippen LogP contribution in [0.15, 0.2) is 0 Å². The van der Waals surface area contributed by atoms with E-state index >= 15 is 0 Å². The van der Waals surface area contributed by atoms with Crippen molar-refractivity contribution in [2.24, 2.45) is 0 Å². The van der Waals surface area contributed by atoms with Gasteiger partial charge in [0.25, 0.3) is 0 Å². The second-order valence-electron chi connectivity index (χ2n) is 2.28. The Morgan fingerprint density at radius 1 is 1.33 bits per heavy atom. The average molecular weight is 213 g/mol. The summed E-state index contributed by atoms with van der Waals surface area (Å²) in [5.74, 6) is 0. The van der Waals surface area contributed by atoms with Gasteiger partial charge in [-0.15, -0.1) is 0 Å². The van der Waals surface area contributed by atoms with E-state index in [2.05, 4.69) is 0 Å². The van der Waals surface area contributed by atoms with E-state index in [1.54, 1.807) is 0 Å². The van der Waals surface area contributed by atoms with E-state index in [0.717, 1.165) is 6.42 Å². The number of rotatable bonds is 0. The molecule has 2 nitrogen and oxygen atoms in total. The molecule has 4 heteroatoms. The minimum absolute atomic E-state index is 0.297. The first-order valence-corrected chi connectivity index (χ1v) is 6.97. The predicted molar refractivity (Wildman–Crippen MR) is 37.3 cm³/mol. The summed E-state index contributed by atoms with van der Waals surface area (Å²) in [6.07, 6.45) is 1.57. The molecule has 1 fully saturated rings. The molecule has 0 bridgehead atoms. The Bertz CT molecular complexity index is 75.9. The Morgan fingerprint density at radius 3 is 2.11 bits per heavy atom. The maximum atomic E-state index is 5.71. The fraction of sp³-hybridized carbons (Fsp3) is 1.00. The molecule has 1 aliphatic heterocycles. The van der Waals surface area contributed by atoms with Crippen molar-refractivity contribution in [1.29, 1.82) is 0 Å². The summed E-state index contributed by atoms with van der Waals surface area (Å²) in [4.78, 5) is 0. The summed E-state index contributed by atoms with van der Waals surface area (Å²) in [5, 5.41) is 0. The van der Waals surface area contributed by atoms with E-state index in [4.69, 9.17) is 17.4 Å². The molecule has 1 saturated heterocycles. The maximum absolute atomic E-state index is 5.71. The SMILES string of the molecule is C[C@@H]1C[C@@H](C)O[As](Cl)O1. The van der Waals surface area contributed by atoms with Crippen molar-refractivity contribution in [3.8, 4) is 0 Å². The van der Waals surface area contributed by atoms with Gasteiger partial charge in [0.2, 0.25) is 0 Å². The van der Waals surface area contributed by atoms with Crippen molar-refractivity contribution in [2.75, 3.05) is 0 Å². The van der Waals surface area contributed by atoms with Crippen molar-refractivity contribution in [2.45, 2.75) is 32.5 Å². The van der Waals surface area contributed by atoms with Crippen molar-refractivity contribution in [1.82, 2.24) is 0 Å². The first-order chi connectivity index (χ1) is 4.18. The Balaban J connectivity index is 2.34. The molecule has 0 N–H and O–H groups in total. The second kappa shape index (κ2) is 3.25. The molecular weight excluding hydrogens is 202 g/mol. The van der Waals surface area contributed by atoms with Crippen molar-refractivity contribution in [3.63, 3.8) is 0 Å². The van der Waals surface area contributed by atoms with Crippen LogP contribution in [0.5, 0.6) is 0 Å². The van der Waals surface area contributed by atoms with Gasteiger partial charge in [-0.1, -0.05) is 0 Å². The summed E-state index contributed by atoms with van der Waals surface area (Å²) in [6.45, 7) is 4.06. The number of hydrogen-bond donors (Lipinski definition) is 0. The van der Waals surface area contributed by atoms with Gasteiger partial charge >= 0.3 is 64.3 Å². The van der Waals surface area contributed by atoms with Crippen LogP contribution in [-0.2, 0) is 7.45 Å². The first-order valence-electron chi connectivity index (χ1n) is 2.98. The first kappa shape index (κ1) is 7.87. The summed E-state index contributed by atoms with van der Waals surface area (Å²) in [5.41, 5.74) is 0. The molecule has 0 spiro atoms. The van der Waals surface area contributed by atoms with Crippen molar-refractivity contribution < 1.29 is 7.45 Å². The molecule has 0 unspecified atom stereocenters. The Kier molecular flexibility index (Phi) is 2.84. The van der Waals surface area contributed by atoms with Crippen LogP contribution in [0, 0.1) is 0 Å². The number of hydrogen-bond acceptors (Lipinski definition) is 2. The van der Waals surface area contributed by atoms with Gasteiger partial charge in [0.15, 0.2) is 0 Å². The van der Waals surface area contributed by atoms with Gasteiger partial charge in [0, 0.05) is 0 Å². The van der Waals surface area contributed by atoms with Crippen LogP contribution in [0.25, 0.3) is 0 Å². The number of halogens is 1. The molecular formula is C5H10AsClO2. The summed E-state index contributed by atoms with van der Waals surface area (Å²) >= 11 is -1.80. The molecule has 9 heavy (non-hydrogen) atoms. The molecule has 0 aliphatic carbocycles. The van der Waals surface area contributed by atoms with E-state index in [9.17, 15) is 0 Å². The van der Waals surface area contributed by atoms with E-state index in [-0.39, 0.29) is 0 Å². The third-order valence-corrected chi connectivity index (χ3v) is 4.22. The Morgan fingerprint density at radius 2 is 1.78 bits per heavy atom. The monoisotopic (exact) mass is 212 g/mol. The zero-order chi connectivity index (χ0) is 6.85. The molecule has 0 aromatic heterocycles. The van der Waals surface area contributed by atoms with Crippen molar-refractivity contribution in [3.05, 3.63) is 0 Å². The molecule has 0 radical (unpaired) electrons. The fourth-order valence-electron chi connectivity index (χ4n) is 0.861. The fourth-order valence-corrected chi connectivity index (χ4v) is 3.93. The normalized spacial score (nSPS) is 45.0. The minimum atomic E-state index is -1.80. The van der Waals surface area contributed by atoms with Gasteiger partial charge in [0.05, 0.1) is 0 Å².